The number of imidazole rings is 1. The van der Waals surface area contributed by atoms with Crippen LogP contribution in [0.25, 0.3) is 10.1 Å². The monoisotopic (exact) mass is 364 g/mol. The summed E-state index contributed by atoms with van der Waals surface area (Å²) < 4.78 is 3.81. The molecule has 0 spiro atoms. The number of hydrogen-bond acceptors (Lipinski definition) is 4. The Balaban J connectivity index is 1.84. The fourth-order valence-corrected chi connectivity index (χ4v) is 3.44. The minimum absolute atomic E-state index is 0.173. The smallest absolute Gasteiger partial charge is 0.263 e. The summed E-state index contributed by atoms with van der Waals surface area (Å²) in [5, 5.41) is 3.75. The number of thiophene rings is 1. The molecule has 3 aromatic rings. The molecule has 0 fully saturated rings. The van der Waals surface area contributed by atoms with Crippen molar-refractivity contribution >= 4 is 48.9 Å². The summed E-state index contributed by atoms with van der Waals surface area (Å²) in [5.41, 5.74) is 6.62. The molecule has 0 atom stereocenters. The number of fused-ring (bicyclic) bond motifs is 1. The van der Waals surface area contributed by atoms with Gasteiger partial charge in [0.25, 0.3) is 5.91 Å². The Morgan fingerprint density at radius 2 is 2.33 bits per heavy atom. The molecule has 3 rings (SSSR count). The predicted molar refractivity (Wildman–Crippen MR) is 88.3 cm³/mol. The molecule has 5 nitrogen and oxygen atoms in total. The van der Waals surface area contributed by atoms with Gasteiger partial charge in [0.15, 0.2) is 0 Å². The largest absolute Gasteiger partial charge is 0.397 e. The van der Waals surface area contributed by atoms with Gasteiger partial charge in [0.2, 0.25) is 0 Å². The quantitative estimate of drug-likeness (QED) is 0.750. The number of aromatic nitrogens is 2. The lowest BCUT2D eigenvalue weighted by Crippen LogP contribution is -2.24. The van der Waals surface area contributed by atoms with Gasteiger partial charge in [-0.25, -0.2) is 4.98 Å². The molecule has 0 aliphatic heterocycles. The van der Waals surface area contributed by atoms with E-state index >= 15 is 0 Å². The van der Waals surface area contributed by atoms with Crippen LogP contribution in [0.2, 0.25) is 0 Å². The van der Waals surface area contributed by atoms with Crippen LogP contribution in [-0.2, 0) is 13.6 Å². The van der Waals surface area contributed by atoms with Crippen LogP contribution in [0.3, 0.4) is 0 Å². The summed E-state index contributed by atoms with van der Waals surface area (Å²) in [5.74, 6) is 0.624. The van der Waals surface area contributed by atoms with E-state index in [2.05, 4.69) is 26.2 Å². The second-order valence-corrected chi connectivity index (χ2v) is 6.59. The van der Waals surface area contributed by atoms with E-state index in [4.69, 9.17) is 5.73 Å². The summed E-state index contributed by atoms with van der Waals surface area (Å²) in [6.07, 6.45) is 3.54. The van der Waals surface area contributed by atoms with Crippen LogP contribution in [0.1, 0.15) is 15.5 Å². The minimum atomic E-state index is -0.173. The van der Waals surface area contributed by atoms with Crippen LogP contribution < -0.4 is 11.1 Å². The average Bonchev–Trinajstić information content (AvgIpc) is 3.01. The summed E-state index contributed by atoms with van der Waals surface area (Å²) in [6.45, 7) is 0.375. The third kappa shape index (κ3) is 2.66. The van der Waals surface area contributed by atoms with Crippen LogP contribution in [0.4, 0.5) is 5.69 Å². The third-order valence-electron chi connectivity index (χ3n) is 3.22. The maximum atomic E-state index is 12.3. The van der Waals surface area contributed by atoms with Crippen molar-refractivity contribution in [3.8, 4) is 0 Å². The number of anilines is 1. The van der Waals surface area contributed by atoms with Crippen LogP contribution in [-0.4, -0.2) is 15.5 Å². The maximum Gasteiger partial charge on any atom is 0.263 e. The van der Waals surface area contributed by atoms with E-state index in [1.807, 2.05) is 36.0 Å². The molecule has 21 heavy (non-hydrogen) atoms. The number of carbonyl (C=O) groups is 1. The number of nitrogens with one attached hydrogen (secondary N) is 1. The zero-order valence-corrected chi connectivity index (χ0v) is 13.7. The van der Waals surface area contributed by atoms with Gasteiger partial charge in [0, 0.05) is 34.0 Å². The number of nitrogens with two attached hydrogens (primary N) is 1. The number of halogens is 1. The van der Waals surface area contributed by atoms with Crippen molar-refractivity contribution in [2.75, 3.05) is 5.73 Å². The number of carbonyl (C=O) groups excluding carboxylic acids is 1. The van der Waals surface area contributed by atoms with Crippen LogP contribution in [0.15, 0.2) is 35.1 Å². The van der Waals surface area contributed by atoms with E-state index in [1.54, 1.807) is 6.20 Å². The number of hydrogen-bond donors (Lipinski definition) is 2. The standard InChI is InChI=1S/C14H13BrN4OS/c1-19-5-4-17-11(19)7-18-14(20)13-12(16)9-6-8(15)2-3-10(9)21-13/h2-6H,7,16H2,1H3,(H,18,20). The molecule has 1 amide bonds. The molecule has 0 radical (unpaired) electrons. The molecule has 2 aromatic heterocycles. The first-order chi connectivity index (χ1) is 10.1. The molecule has 2 heterocycles. The highest BCUT2D eigenvalue weighted by Gasteiger charge is 2.16. The second kappa shape index (κ2) is 5.50. The van der Waals surface area contributed by atoms with Crippen molar-refractivity contribution in [1.29, 1.82) is 0 Å². The van der Waals surface area contributed by atoms with Gasteiger partial charge in [-0.15, -0.1) is 11.3 Å². The fraction of sp³-hybridized carbons (Fsp3) is 0.143. The lowest BCUT2D eigenvalue weighted by molar-refractivity contribution is 0.0954. The Hall–Kier alpha value is -1.86. The molecule has 0 bridgehead atoms. The molecule has 0 saturated carbocycles. The molecule has 0 aliphatic rings. The van der Waals surface area contributed by atoms with E-state index in [-0.39, 0.29) is 5.91 Å². The molecule has 1 aromatic carbocycles. The normalized spacial score (nSPS) is 11.0. The number of amides is 1. The van der Waals surface area contributed by atoms with Crippen LogP contribution >= 0.6 is 27.3 Å². The number of rotatable bonds is 3. The molecule has 108 valence electrons. The second-order valence-electron chi connectivity index (χ2n) is 4.62. The number of aryl methyl sites for hydroxylation is 1. The fourth-order valence-electron chi connectivity index (χ4n) is 2.06. The Bertz CT molecular complexity index is 824. The average molecular weight is 365 g/mol. The molecule has 0 saturated heterocycles. The number of benzene rings is 1. The first-order valence-corrected chi connectivity index (χ1v) is 7.89. The van der Waals surface area contributed by atoms with E-state index in [0.717, 1.165) is 20.4 Å². The molecule has 3 N–H and O–H groups in total. The van der Waals surface area contributed by atoms with Crippen LogP contribution in [0.5, 0.6) is 0 Å². The highest BCUT2D eigenvalue weighted by Crippen LogP contribution is 2.35. The van der Waals surface area contributed by atoms with E-state index in [0.29, 0.717) is 17.1 Å². The van der Waals surface area contributed by atoms with E-state index < -0.39 is 0 Å². The Morgan fingerprint density at radius 1 is 1.52 bits per heavy atom. The SMILES string of the molecule is Cn1ccnc1CNC(=O)c1sc2ccc(Br)cc2c1N. The molecule has 0 aliphatic carbocycles. The Morgan fingerprint density at radius 3 is 3.05 bits per heavy atom. The summed E-state index contributed by atoms with van der Waals surface area (Å²) in [4.78, 5) is 17.0. The third-order valence-corrected chi connectivity index (χ3v) is 4.90. The molecular formula is C14H13BrN4OS. The van der Waals surface area contributed by atoms with E-state index in [1.165, 1.54) is 11.3 Å². The Kier molecular flexibility index (Phi) is 3.69. The molecule has 0 unspecified atom stereocenters. The molecule has 7 heteroatoms. The summed E-state index contributed by atoms with van der Waals surface area (Å²) >= 11 is 4.81. The highest BCUT2D eigenvalue weighted by molar-refractivity contribution is 9.10. The predicted octanol–water partition coefficient (Wildman–Crippen LogP) is 2.91. The van der Waals surface area contributed by atoms with Gasteiger partial charge in [-0.05, 0) is 18.2 Å². The van der Waals surface area contributed by atoms with Gasteiger partial charge in [0.05, 0.1) is 12.2 Å². The highest BCUT2D eigenvalue weighted by atomic mass is 79.9. The molecular weight excluding hydrogens is 352 g/mol. The zero-order chi connectivity index (χ0) is 15.0. The first kappa shape index (κ1) is 14.1. The summed E-state index contributed by atoms with van der Waals surface area (Å²) in [6, 6.07) is 5.82. The van der Waals surface area contributed by atoms with Crippen molar-refractivity contribution in [1.82, 2.24) is 14.9 Å². The number of nitrogens with zero attached hydrogens (tertiary/aromatic N) is 2. The lowest BCUT2D eigenvalue weighted by Gasteiger charge is -2.04. The van der Waals surface area contributed by atoms with Crippen molar-refractivity contribution in [2.45, 2.75) is 6.54 Å². The maximum absolute atomic E-state index is 12.3. The van der Waals surface area contributed by atoms with Crippen LogP contribution in [0, 0.1) is 0 Å². The minimum Gasteiger partial charge on any atom is -0.397 e. The first-order valence-electron chi connectivity index (χ1n) is 6.28. The van der Waals surface area contributed by atoms with Gasteiger partial charge >= 0.3 is 0 Å². The van der Waals surface area contributed by atoms with Crippen molar-refractivity contribution < 1.29 is 4.79 Å². The van der Waals surface area contributed by atoms with Crippen molar-refractivity contribution in [3.05, 3.63) is 45.8 Å². The van der Waals surface area contributed by atoms with Crippen molar-refractivity contribution in [2.24, 2.45) is 7.05 Å². The van der Waals surface area contributed by atoms with Gasteiger partial charge < -0.3 is 15.6 Å². The number of nitrogen functional groups attached to an aromatic ring is 1. The summed E-state index contributed by atoms with van der Waals surface area (Å²) in [7, 11) is 1.89. The van der Waals surface area contributed by atoms with Gasteiger partial charge in [-0.3, -0.25) is 4.79 Å². The van der Waals surface area contributed by atoms with Crippen molar-refractivity contribution in [3.63, 3.8) is 0 Å². The lowest BCUT2D eigenvalue weighted by atomic mass is 10.2. The van der Waals surface area contributed by atoms with Gasteiger partial charge in [-0.2, -0.15) is 0 Å². The topological polar surface area (TPSA) is 72.9 Å². The Labute approximate surface area is 133 Å². The van der Waals surface area contributed by atoms with Gasteiger partial charge in [-0.1, -0.05) is 15.9 Å². The zero-order valence-electron chi connectivity index (χ0n) is 11.3. The van der Waals surface area contributed by atoms with Gasteiger partial charge in [0.1, 0.15) is 10.7 Å². The van der Waals surface area contributed by atoms with E-state index in [9.17, 15) is 4.79 Å².